The molecule has 4 nitrogen and oxygen atoms in total. The molecule has 0 saturated carbocycles. The first kappa shape index (κ1) is 11.2. The third kappa shape index (κ3) is 1.95. The Balaban J connectivity index is 0.000000980. The smallest absolute Gasteiger partial charge is 0.540 e. The van der Waals surface area contributed by atoms with Gasteiger partial charge in [-0.25, -0.2) is 9.37 Å². The van der Waals surface area contributed by atoms with Gasteiger partial charge in [-0.2, -0.15) is 0 Å². The number of fused-ring (bicyclic) bond motifs is 1. The van der Waals surface area contributed by atoms with Gasteiger partial charge in [0.05, 0.1) is 0 Å². The summed E-state index contributed by atoms with van der Waals surface area (Å²) in [5.74, 6) is -2.56. The Morgan fingerprint density at radius 3 is 2.86 bits per heavy atom. The molecule has 66 valence electrons. The molecular weight excluding hydrogens is 200 g/mol. The van der Waals surface area contributed by atoms with E-state index in [-0.39, 0.29) is 35.1 Å². The molecule has 0 radical (unpaired) electrons. The van der Waals surface area contributed by atoms with E-state index in [1.807, 2.05) is 0 Å². The summed E-state index contributed by atoms with van der Waals surface area (Å²) in [5.41, 5.74) is 0.389. The molecule has 0 bridgehead atoms. The van der Waals surface area contributed by atoms with Crippen LogP contribution in [-0.4, -0.2) is 11.0 Å². The SMILES string of the molecule is O=C([O-])c1nc2ccc(F)cc2o1.[Na+]. The van der Waals surface area contributed by atoms with Crippen LogP contribution >= 0.6 is 0 Å². The molecule has 0 unspecified atom stereocenters. The van der Waals surface area contributed by atoms with Crippen LogP contribution in [-0.2, 0) is 0 Å². The molecule has 2 rings (SSSR count). The fraction of sp³-hybridized carbons (Fsp3) is 0. The predicted octanol–water partition coefficient (Wildman–Crippen LogP) is -2.67. The number of carbonyl (C=O) groups excluding carboxylic acids is 1. The molecule has 1 heterocycles. The molecule has 14 heavy (non-hydrogen) atoms. The molecular formula is C8H3FNNaO3. The van der Waals surface area contributed by atoms with Crippen LogP contribution in [0.5, 0.6) is 0 Å². The molecule has 0 fully saturated rings. The minimum atomic E-state index is -1.52. The Morgan fingerprint density at radius 2 is 2.21 bits per heavy atom. The second kappa shape index (κ2) is 4.08. The zero-order valence-electron chi connectivity index (χ0n) is 7.28. The van der Waals surface area contributed by atoms with Crippen molar-refractivity contribution in [3.05, 3.63) is 29.9 Å². The normalized spacial score (nSPS) is 9.79. The largest absolute Gasteiger partial charge is 1.00 e. The quantitative estimate of drug-likeness (QED) is 0.474. The zero-order valence-corrected chi connectivity index (χ0v) is 9.28. The second-order valence-electron chi connectivity index (χ2n) is 2.42. The minimum Gasteiger partial charge on any atom is -0.540 e. The number of rotatable bonds is 1. The van der Waals surface area contributed by atoms with Crippen molar-refractivity contribution in [2.45, 2.75) is 0 Å². The average molecular weight is 203 g/mol. The molecule has 0 saturated heterocycles. The van der Waals surface area contributed by atoms with Crippen molar-refractivity contribution in [1.82, 2.24) is 4.98 Å². The monoisotopic (exact) mass is 203 g/mol. The summed E-state index contributed by atoms with van der Waals surface area (Å²) in [5, 5.41) is 10.3. The molecule has 6 heteroatoms. The van der Waals surface area contributed by atoms with Gasteiger partial charge in [-0.1, -0.05) is 0 Å². The first-order chi connectivity index (χ1) is 6.16. The van der Waals surface area contributed by atoms with Gasteiger partial charge in [-0.15, -0.1) is 0 Å². The van der Waals surface area contributed by atoms with Crippen LogP contribution in [0.3, 0.4) is 0 Å². The molecule has 0 aliphatic carbocycles. The third-order valence-corrected chi connectivity index (χ3v) is 1.53. The molecule has 0 atom stereocenters. The standard InChI is InChI=1S/C8H4FNO3.Na/c9-4-1-2-5-6(3-4)13-7(10-5)8(11)12;/h1-3H,(H,11,12);/q;+1/p-1. The van der Waals surface area contributed by atoms with Crippen molar-refractivity contribution >= 4 is 17.1 Å². The number of carboxylic acid groups (broad SMARTS) is 1. The van der Waals surface area contributed by atoms with E-state index in [0.717, 1.165) is 6.07 Å². The van der Waals surface area contributed by atoms with Crippen molar-refractivity contribution in [1.29, 1.82) is 0 Å². The van der Waals surface area contributed by atoms with Crippen LogP contribution in [0.15, 0.2) is 22.6 Å². The number of nitrogens with zero attached hydrogens (tertiary/aromatic N) is 1. The number of aromatic nitrogens is 1. The maximum atomic E-state index is 12.6. The van der Waals surface area contributed by atoms with Crippen LogP contribution in [0, 0.1) is 5.82 Å². The van der Waals surface area contributed by atoms with Crippen LogP contribution < -0.4 is 34.7 Å². The van der Waals surface area contributed by atoms with Gasteiger partial charge in [0, 0.05) is 6.07 Å². The molecule has 0 spiro atoms. The van der Waals surface area contributed by atoms with Crippen molar-refractivity contribution in [2.24, 2.45) is 0 Å². The Kier molecular flexibility index (Phi) is 3.25. The van der Waals surface area contributed by atoms with E-state index >= 15 is 0 Å². The van der Waals surface area contributed by atoms with E-state index in [2.05, 4.69) is 4.98 Å². The van der Waals surface area contributed by atoms with Crippen molar-refractivity contribution in [3.63, 3.8) is 0 Å². The fourth-order valence-electron chi connectivity index (χ4n) is 0.986. The maximum Gasteiger partial charge on any atom is 1.00 e. The Morgan fingerprint density at radius 1 is 1.50 bits per heavy atom. The van der Waals surface area contributed by atoms with E-state index in [4.69, 9.17) is 4.42 Å². The number of carboxylic acids is 1. The summed E-state index contributed by atoms with van der Waals surface area (Å²) in [4.78, 5) is 13.9. The van der Waals surface area contributed by atoms with Crippen molar-refractivity contribution in [3.8, 4) is 0 Å². The van der Waals surface area contributed by atoms with Gasteiger partial charge in [0.2, 0.25) is 5.89 Å². The average Bonchev–Trinajstić information content (AvgIpc) is 2.46. The van der Waals surface area contributed by atoms with Gasteiger partial charge in [0.15, 0.2) is 5.58 Å². The fourth-order valence-corrected chi connectivity index (χ4v) is 0.986. The van der Waals surface area contributed by atoms with Crippen molar-refractivity contribution < 1.29 is 48.3 Å². The molecule has 2 aromatic rings. The number of benzene rings is 1. The Labute approximate surface area is 100 Å². The number of hydrogen-bond acceptors (Lipinski definition) is 4. The zero-order chi connectivity index (χ0) is 9.42. The Hall–Kier alpha value is -0.910. The summed E-state index contributed by atoms with van der Waals surface area (Å²) >= 11 is 0. The maximum absolute atomic E-state index is 12.6. The molecule has 1 aromatic carbocycles. The topological polar surface area (TPSA) is 66.2 Å². The van der Waals surface area contributed by atoms with Crippen LogP contribution in [0.25, 0.3) is 11.1 Å². The molecule has 0 N–H and O–H groups in total. The predicted molar refractivity (Wildman–Crippen MR) is 38.3 cm³/mol. The van der Waals surface area contributed by atoms with Crippen LogP contribution in [0.2, 0.25) is 0 Å². The summed E-state index contributed by atoms with van der Waals surface area (Å²) in [7, 11) is 0. The van der Waals surface area contributed by atoms with Crippen LogP contribution in [0.4, 0.5) is 4.39 Å². The number of oxazole rings is 1. The van der Waals surface area contributed by atoms with Gasteiger partial charge in [-0.3, -0.25) is 0 Å². The van der Waals surface area contributed by atoms with Gasteiger partial charge in [0.25, 0.3) is 0 Å². The summed E-state index contributed by atoms with van der Waals surface area (Å²) < 4.78 is 17.3. The van der Waals surface area contributed by atoms with Gasteiger partial charge < -0.3 is 14.3 Å². The summed E-state index contributed by atoms with van der Waals surface area (Å²) in [6.07, 6.45) is 0. The van der Waals surface area contributed by atoms with E-state index in [9.17, 15) is 14.3 Å². The number of halogens is 1. The van der Waals surface area contributed by atoms with E-state index in [0.29, 0.717) is 5.52 Å². The van der Waals surface area contributed by atoms with Crippen LogP contribution in [0.1, 0.15) is 10.7 Å². The molecule has 0 aliphatic heterocycles. The van der Waals surface area contributed by atoms with E-state index in [1.165, 1.54) is 12.1 Å². The molecule has 1 aromatic heterocycles. The van der Waals surface area contributed by atoms with Gasteiger partial charge in [-0.05, 0) is 12.1 Å². The molecule has 0 aliphatic rings. The van der Waals surface area contributed by atoms with Crippen molar-refractivity contribution in [2.75, 3.05) is 0 Å². The van der Waals surface area contributed by atoms with E-state index < -0.39 is 17.7 Å². The summed E-state index contributed by atoms with van der Waals surface area (Å²) in [6.45, 7) is 0. The Bertz CT molecular complexity index is 482. The molecule has 0 amide bonds. The number of aromatic carboxylic acids is 1. The second-order valence-corrected chi connectivity index (χ2v) is 2.42. The van der Waals surface area contributed by atoms with Gasteiger partial charge in [0.1, 0.15) is 17.3 Å². The third-order valence-electron chi connectivity index (χ3n) is 1.53. The number of hydrogen-bond donors (Lipinski definition) is 0. The number of carbonyl (C=O) groups is 1. The summed E-state index contributed by atoms with van der Waals surface area (Å²) in [6, 6.07) is 3.57. The minimum absolute atomic E-state index is 0. The van der Waals surface area contributed by atoms with Gasteiger partial charge >= 0.3 is 29.6 Å². The first-order valence-corrected chi connectivity index (χ1v) is 3.44. The van der Waals surface area contributed by atoms with E-state index in [1.54, 1.807) is 0 Å². The first-order valence-electron chi connectivity index (χ1n) is 3.44.